The fourth-order valence-electron chi connectivity index (χ4n) is 3.52. The molecule has 3 rings (SSSR count). The molecule has 1 aromatic carbocycles. The predicted molar refractivity (Wildman–Crippen MR) is 115 cm³/mol. The van der Waals surface area contributed by atoms with Crippen molar-refractivity contribution in [3.8, 4) is 0 Å². The van der Waals surface area contributed by atoms with Gasteiger partial charge in [-0.2, -0.15) is 4.58 Å². The second-order valence-corrected chi connectivity index (χ2v) is 7.64. The van der Waals surface area contributed by atoms with Crippen molar-refractivity contribution in [3.63, 3.8) is 0 Å². The first-order chi connectivity index (χ1) is 12.8. The van der Waals surface area contributed by atoms with Crippen molar-refractivity contribution in [1.82, 2.24) is 4.90 Å². The third kappa shape index (κ3) is 3.81. The fraction of sp³-hybridized carbons (Fsp3) is 0.318. The lowest BCUT2D eigenvalue weighted by Gasteiger charge is -2.21. The lowest BCUT2D eigenvalue weighted by Crippen LogP contribution is -2.39. The van der Waals surface area contributed by atoms with Crippen molar-refractivity contribution >= 4 is 34.5 Å². The van der Waals surface area contributed by atoms with E-state index in [0.29, 0.717) is 10.7 Å². The average molecular weight is 382 g/mol. The zero-order valence-electron chi connectivity index (χ0n) is 16.2. The molecule has 2 heterocycles. The smallest absolute Gasteiger partial charge is 0.252 e. The van der Waals surface area contributed by atoms with Gasteiger partial charge in [-0.1, -0.05) is 24.3 Å². The van der Waals surface area contributed by atoms with Crippen LogP contribution < -0.4 is 0 Å². The summed E-state index contributed by atoms with van der Waals surface area (Å²) in [4.78, 5) is 7.17. The van der Waals surface area contributed by atoms with E-state index in [1.165, 1.54) is 0 Å². The molecule has 0 aliphatic carbocycles. The van der Waals surface area contributed by atoms with E-state index in [1.54, 1.807) is 0 Å². The van der Waals surface area contributed by atoms with E-state index in [-0.39, 0.29) is 5.92 Å². The SMILES string of the molecule is C=C1C2=[N+](C)C(=C)C=CC1c1cc(Cl)ccc1N=C2N(C)CCCC(C)=N. The summed E-state index contributed by atoms with van der Waals surface area (Å²) < 4.78 is 2.06. The highest BCUT2D eigenvalue weighted by Crippen LogP contribution is 2.39. The lowest BCUT2D eigenvalue weighted by atomic mass is 9.89. The fourth-order valence-corrected chi connectivity index (χ4v) is 3.70. The Kier molecular flexibility index (Phi) is 5.47. The molecule has 140 valence electrons. The summed E-state index contributed by atoms with van der Waals surface area (Å²) in [7, 11) is 4.05. The first kappa shape index (κ1) is 19.3. The Morgan fingerprint density at radius 3 is 2.81 bits per heavy atom. The maximum Gasteiger partial charge on any atom is 0.252 e. The number of halogens is 1. The molecular weight excluding hydrogens is 356 g/mol. The van der Waals surface area contributed by atoms with Crippen LogP contribution in [0.25, 0.3) is 0 Å². The van der Waals surface area contributed by atoms with Crippen LogP contribution in [0.3, 0.4) is 0 Å². The first-order valence-electron chi connectivity index (χ1n) is 9.10. The molecule has 0 spiro atoms. The zero-order valence-corrected chi connectivity index (χ0v) is 17.0. The molecule has 1 atom stereocenters. The number of nitrogens with one attached hydrogen (secondary N) is 1. The van der Waals surface area contributed by atoms with Gasteiger partial charge in [0.25, 0.3) is 5.71 Å². The van der Waals surface area contributed by atoms with Crippen LogP contribution in [0.15, 0.2) is 59.8 Å². The normalized spacial score (nSPS) is 18.7. The highest BCUT2D eigenvalue weighted by Gasteiger charge is 2.36. The van der Waals surface area contributed by atoms with E-state index >= 15 is 0 Å². The van der Waals surface area contributed by atoms with Crippen molar-refractivity contribution < 1.29 is 4.58 Å². The third-order valence-electron chi connectivity index (χ3n) is 5.10. The van der Waals surface area contributed by atoms with Crippen LogP contribution in [-0.2, 0) is 0 Å². The Morgan fingerprint density at radius 2 is 2.11 bits per heavy atom. The van der Waals surface area contributed by atoms with Crippen LogP contribution >= 0.6 is 11.6 Å². The van der Waals surface area contributed by atoms with Gasteiger partial charge in [0.05, 0.1) is 5.69 Å². The highest BCUT2D eigenvalue weighted by atomic mass is 35.5. The minimum Gasteiger partial charge on any atom is -0.354 e. The van der Waals surface area contributed by atoms with Gasteiger partial charge in [0, 0.05) is 41.9 Å². The molecular formula is C22H26ClN4+. The topological polar surface area (TPSA) is 42.5 Å². The van der Waals surface area contributed by atoms with E-state index in [0.717, 1.165) is 53.5 Å². The molecule has 1 aromatic rings. The van der Waals surface area contributed by atoms with Crippen LogP contribution in [0, 0.1) is 5.41 Å². The van der Waals surface area contributed by atoms with E-state index in [1.807, 2.05) is 45.3 Å². The highest BCUT2D eigenvalue weighted by molar-refractivity contribution is 6.46. The molecule has 5 heteroatoms. The molecule has 2 aliphatic rings. The zero-order chi connectivity index (χ0) is 19.7. The average Bonchev–Trinajstić information content (AvgIpc) is 2.79. The van der Waals surface area contributed by atoms with Crippen LogP contribution in [0.5, 0.6) is 0 Å². The molecule has 0 amide bonds. The van der Waals surface area contributed by atoms with E-state index in [9.17, 15) is 0 Å². The molecule has 4 nitrogen and oxygen atoms in total. The Hall–Kier alpha value is -2.46. The van der Waals surface area contributed by atoms with Crippen molar-refractivity contribution in [1.29, 1.82) is 5.41 Å². The molecule has 27 heavy (non-hydrogen) atoms. The second-order valence-electron chi connectivity index (χ2n) is 7.20. The molecule has 1 N–H and O–H groups in total. The minimum absolute atomic E-state index is 0.00821. The Labute approximate surface area is 166 Å². The molecule has 2 bridgehead atoms. The van der Waals surface area contributed by atoms with Gasteiger partial charge >= 0.3 is 0 Å². The number of aliphatic imine (C=N–C) groups is 1. The van der Waals surface area contributed by atoms with Crippen LogP contribution in [0.2, 0.25) is 5.02 Å². The van der Waals surface area contributed by atoms with Crippen molar-refractivity contribution in [2.75, 3.05) is 20.6 Å². The van der Waals surface area contributed by atoms with Gasteiger partial charge in [-0.25, -0.2) is 4.99 Å². The summed E-state index contributed by atoms with van der Waals surface area (Å²) in [5, 5.41) is 8.35. The Morgan fingerprint density at radius 1 is 1.37 bits per heavy atom. The number of nitrogens with zero attached hydrogens (tertiary/aromatic N) is 3. The van der Waals surface area contributed by atoms with Crippen LogP contribution in [-0.4, -0.2) is 47.4 Å². The van der Waals surface area contributed by atoms with Gasteiger partial charge in [-0.05, 0) is 50.1 Å². The molecule has 0 saturated carbocycles. The third-order valence-corrected chi connectivity index (χ3v) is 5.33. The first-order valence-corrected chi connectivity index (χ1v) is 9.48. The van der Waals surface area contributed by atoms with E-state index in [2.05, 4.69) is 28.7 Å². The van der Waals surface area contributed by atoms with Gasteiger partial charge in [-0.3, -0.25) is 0 Å². The number of hydrogen-bond donors (Lipinski definition) is 1. The van der Waals surface area contributed by atoms with Gasteiger partial charge in [0.1, 0.15) is 7.05 Å². The Balaban J connectivity index is 2.13. The molecule has 1 unspecified atom stereocenters. The van der Waals surface area contributed by atoms with Crippen LogP contribution in [0.4, 0.5) is 5.69 Å². The molecule has 0 aromatic heterocycles. The number of fused-ring (bicyclic) bond motifs is 4. The van der Waals surface area contributed by atoms with Gasteiger partial charge in [-0.15, -0.1) is 0 Å². The number of benzene rings is 1. The van der Waals surface area contributed by atoms with Crippen LogP contribution in [0.1, 0.15) is 31.2 Å². The summed E-state index contributed by atoms with van der Waals surface area (Å²) >= 11 is 6.28. The maximum atomic E-state index is 7.66. The van der Waals surface area contributed by atoms with Crippen molar-refractivity contribution in [2.45, 2.75) is 25.7 Å². The van der Waals surface area contributed by atoms with Gasteiger partial charge in [0.15, 0.2) is 5.70 Å². The molecule has 0 fully saturated rings. The van der Waals surface area contributed by atoms with E-state index < -0.39 is 0 Å². The Bertz CT molecular complexity index is 920. The van der Waals surface area contributed by atoms with Gasteiger partial charge in [0.2, 0.25) is 5.84 Å². The van der Waals surface area contributed by atoms with Crippen molar-refractivity contribution in [3.05, 3.63) is 65.4 Å². The standard InChI is InChI=1S/C22H26ClN4/c1-14(24)7-6-12-26(4)22-21-16(3)18(10-8-15(2)27(21)5)19-13-17(23)9-11-20(19)25-22/h8-11,13,18,24H,2-3,6-7,12H2,1,4-5H3/q+1. The van der Waals surface area contributed by atoms with Gasteiger partial charge < -0.3 is 10.3 Å². The molecule has 2 aliphatic heterocycles. The maximum absolute atomic E-state index is 7.66. The summed E-state index contributed by atoms with van der Waals surface area (Å²) in [6, 6.07) is 5.83. The summed E-state index contributed by atoms with van der Waals surface area (Å²) in [6.45, 7) is 11.3. The molecule has 0 saturated heterocycles. The summed E-state index contributed by atoms with van der Waals surface area (Å²) in [5.41, 5.74) is 5.54. The second kappa shape index (κ2) is 7.65. The number of likely N-dealkylation sites (N-methyl/N-ethyl adjacent to an activating group) is 1. The monoisotopic (exact) mass is 381 g/mol. The lowest BCUT2D eigenvalue weighted by molar-refractivity contribution is -0.435. The number of allylic oxidation sites excluding steroid dienone is 2. The summed E-state index contributed by atoms with van der Waals surface area (Å²) in [5.74, 6) is 0.884. The van der Waals surface area contributed by atoms with E-state index in [4.69, 9.17) is 22.0 Å². The number of amidine groups is 1. The quantitative estimate of drug-likeness (QED) is 0.582. The number of rotatable bonds is 4. The minimum atomic E-state index is 0.00821. The number of hydrogen-bond acceptors (Lipinski definition) is 3. The largest absolute Gasteiger partial charge is 0.354 e. The van der Waals surface area contributed by atoms with Crippen molar-refractivity contribution in [2.24, 2.45) is 4.99 Å². The predicted octanol–water partition coefficient (Wildman–Crippen LogP) is 4.94. The molecule has 0 radical (unpaired) electrons. The summed E-state index contributed by atoms with van der Waals surface area (Å²) in [6.07, 6.45) is 5.85.